The molecule has 0 spiro atoms. The van der Waals surface area contributed by atoms with Crippen LogP contribution >= 0.6 is 23.4 Å². The summed E-state index contributed by atoms with van der Waals surface area (Å²) < 4.78 is 3.66. The molecule has 126 valence electrons. The number of hydrogen-bond acceptors (Lipinski definition) is 6. The fourth-order valence-electron chi connectivity index (χ4n) is 2.51. The van der Waals surface area contributed by atoms with Crippen LogP contribution in [-0.4, -0.2) is 34.9 Å². The number of aromatic nitrogens is 6. The molecule has 25 heavy (non-hydrogen) atoms. The van der Waals surface area contributed by atoms with Crippen LogP contribution < -0.4 is 0 Å². The lowest BCUT2D eigenvalue weighted by molar-refractivity contribution is 0.475. The van der Waals surface area contributed by atoms with Crippen molar-refractivity contribution < 1.29 is 5.11 Å². The second kappa shape index (κ2) is 6.38. The van der Waals surface area contributed by atoms with Crippen LogP contribution in [0.15, 0.2) is 47.6 Å². The third-order valence-electron chi connectivity index (χ3n) is 3.80. The van der Waals surface area contributed by atoms with Gasteiger partial charge in [-0.25, -0.2) is 4.98 Å². The topological polar surface area (TPSA) is 81.7 Å². The molecule has 0 bridgehead atoms. The maximum Gasteiger partial charge on any atom is 0.214 e. The number of halogens is 1. The zero-order valence-electron chi connectivity index (χ0n) is 13.2. The Labute approximate surface area is 152 Å². The molecule has 2 aromatic heterocycles. The highest BCUT2D eigenvalue weighted by Crippen LogP contribution is 2.26. The monoisotopic (exact) mass is 372 g/mol. The molecule has 2 heterocycles. The zero-order valence-corrected chi connectivity index (χ0v) is 14.7. The first kappa shape index (κ1) is 15.9. The lowest BCUT2D eigenvalue weighted by Gasteiger charge is -2.05. The fourth-order valence-corrected chi connectivity index (χ4v) is 3.55. The van der Waals surface area contributed by atoms with Crippen LogP contribution in [0.3, 0.4) is 0 Å². The number of fused-ring (bicyclic) bond motifs is 1. The summed E-state index contributed by atoms with van der Waals surface area (Å²) in [5.74, 6) is 1.72. The van der Waals surface area contributed by atoms with Gasteiger partial charge in [0, 0.05) is 12.1 Å². The average molecular weight is 373 g/mol. The van der Waals surface area contributed by atoms with Crippen LogP contribution in [0.25, 0.3) is 16.7 Å². The number of phenolic OH excluding ortho intramolecular Hbond substituents is 1. The van der Waals surface area contributed by atoms with Crippen LogP contribution in [0.4, 0.5) is 0 Å². The van der Waals surface area contributed by atoms with Crippen molar-refractivity contribution in [2.24, 2.45) is 7.05 Å². The first-order valence-corrected chi connectivity index (χ1v) is 8.79. The molecule has 1 N–H and O–H groups in total. The van der Waals surface area contributed by atoms with Crippen molar-refractivity contribution in [2.45, 2.75) is 10.9 Å². The summed E-state index contributed by atoms with van der Waals surface area (Å²) in [6.07, 6.45) is 0. The van der Waals surface area contributed by atoms with E-state index in [-0.39, 0.29) is 5.75 Å². The van der Waals surface area contributed by atoms with E-state index in [0.717, 1.165) is 22.5 Å². The van der Waals surface area contributed by atoms with E-state index in [9.17, 15) is 5.11 Å². The van der Waals surface area contributed by atoms with Crippen LogP contribution in [0, 0.1) is 0 Å². The van der Waals surface area contributed by atoms with Gasteiger partial charge in [-0.1, -0.05) is 23.4 Å². The van der Waals surface area contributed by atoms with Gasteiger partial charge in [-0.05, 0) is 52.9 Å². The Bertz CT molecular complexity index is 1040. The molecule has 0 atom stereocenters. The van der Waals surface area contributed by atoms with Crippen molar-refractivity contribution in [1.29, 1.82) is 0 Å². The molecule has 0 saturated carbocycles. The summed E-state index contributed by atoms with van der Waals surface area (Å²) in [5, 5.41) is 22.6. The van der Waals surface area contributed by atoms with Crippen LogP contribution in [0.1, 0.15) is 5.82 Å². The highest BCUT2D eigenvalue weighted by Gasteiger charge is 2.13. The smallest absolute Gasteiger partial charge is 0.214 e. The van der Waals surface area contributed by atoms with Gasteiger partial charge in [0.1, 0.15) is 11.6 Å². The maximum atomic E-state index is 9.41. The molecule has 0 aliphatic carbocycles. The second-order valence-corrected chi connectivity index (χ2v) is 6.78. The van der Waals surface area contributed by atoms with Gasteiger partial charge in [0.05, 0.1) is 22.5 Å². The van der Waals surface area contributed by atoms with Gasteiger partial charge >= 0.3 is 0 Å². The second-order valence-electron chi connectivity index (χ2n) is 5.40. The maximum absolute atomic E-state index is 9.41. The van der Waals surface area contributed by atoms with E-state index in [0.29, 0.717) is 15.9 Å². The molecule has 9 heteroatoms. The standard InChI is InChI=1S/C16H13ClN6OS/c1-22-14-7-2-10(17)8-13(14)18-15(22)9-25-16-19-20-21-23(16)11-3-5-12(24)6-4-11/h2-8,24H,9H2,1H3. The summed E-state index contributed by atoms with van der Waals surface area (Å²) >= 11 is 7.52. The van der Waals surface area contributed by atoms with Gasteiger partial charge in [0.25, 0.3) is 0 Å². The molecule has 0 radical (unpaired) electrons. The summed E-state index contributed by atoms with van der Waals surface area (Å²) in [4.78, 5) is 4.63. The number of imidazole rings is 1. The first-order chi connectivity index (χ1) is 12.1. The molecule has 0 aliphatic rings. The number of rotatable bonds is 4. The largest absolute Gasteiger partial charge is 0.508 e. The normalized spacial score (nSPS) is 11.3. The van der Waals surface area contributed by atoms with Gasteiger partial charge < -0.3 is 9.67 Å². The number of thioether (sulfide) groups is 1. The Morgan fingerprint density at radius 1 is 1.16 bits per heavy atom. The van der Waals surface area contributed by atoms with Crippen molar-refractivity contribution in [3.63, 3.8) is 0 Å². The molecule has 0 amide bonds. The first-order valence-electron chi connectivity index (χ1n) is 7.43. The molecule has 4 rings (SSSR count). The summed E-state index contributed by atoms with van der Waals surface area (Å²) in [6.45, 7) is 0. The van der Waals surface area contributed by atoms with Gasteiger partial charge in [-0.3, -0.25) is 0 Å². The van der Waals surface area contributed by atoms with Gasteiger partial charge in [0.15, 0.2) is 0 Å². The molecule has 0 unspecified atom stereocenters. The highest BCUT2D eigenvalue weighted by atomic mass is 35.5. The quantitative estimate of drug-likeness (QED) is 0.554. The molecular formula is C16H13ClN6OS. The average Bonchev–Trinajstić information content (AvgIpc) is 3.18. The van der Waals surface area contributed by atoms with Gasteiger partial charge in [0.2, 0.25) is 5.16 Å². The number of aromatic hydroxyl groups is 1. The Morgan fingerprint density at radius 3 is 2.76 bits per heavy atom. The number of aryl methyl sites for hydroxylation is 1. The molecule has 0 aliphatic heterocycles. The Hall–Kier alpha value is -2.58. The van der Waals surface area contributed by atoms with E-state index in [2.05, 4.69) is 20.5 Å². The number of benzene rings is 2. The molecule has 0 saturated heterocycles. The molecule has 0 fully saturated rings. The third kappa shape index (κ3) is 3.06. The molecular weight excluding hydrogens is 360 g/mol. The molecule has 7 nitrogen and oxygen atoms in total. The summed E-state index contributed by atoms with van der Waals surface area (Å²) in [7, 11) is 1.97. The van der Waals surface area contributed by atoms with Crippen molar-refractivity contribution in [3.05, 3.63) is 53.3 Å². The van der Waals surface area contributed by atoms with Crippen molar-refractivity contribution >= 4 is 34.4 Å². The van der Waals surface area contributed by atoms with Gasteiger partial charge in [-0.15, -0.1) is 5.10 Å². The van der Waals surface area contributed by atoms with Gasteiger partial charge in [-0.2, -0.15) is 4.68 Å². The lowest BCUT2D eigenvalue weighted by atomic mass is 10.3. The zero-order chi connectivity index (χ0) is 17.4. The molecule has 2 aromatic carbocycles. The van der Waals surface area contributed by atoms with Crippen molar-refractivity contribution in [2.75, 3.05) is 0 Å². The summed E-state index contributed by atoms with van der Waals surface area (Å²) in [5.41, 5.74) is 2.67. The van der Waals surface area contributed by atoms with Crippen molar-refractivity contribution in [1.82, 2.24) is 29.8 Å². The number of nitrogens with zero attached hydrogens (tertiary/aromatic N) is 6. The number of phenols is 1. The lowest BCUT2D eigenvalue weighted by Crippen LogP contribution is -2.00. The van der Waals surface area contributed by atoms with E-state index in [1.165, 1.54) is 11.8 Å². The Morgan fingerprint density at radius 2 is 1.96 bits per heavy atom. The summed E-state index contributed by atoms with van der Waals surface area (Å²) in [6, 6.07) is 12.4. The Kier molecular flexibility index (Phi) is 4.06. The fraction of sp³-hybridized carbons (Fsp3) is 0.125. The predicted octanol–water partition coefficient (Wildman–Crippen LogP) is 3.20. The van der Waals surface area contributed by atoms with Crippen LogP contribution in [-0.2, 0) is 12.8 Å². The van der Waals surface area contributed by atoms with E-state index in [1.807, 2.05) is 29.8 Å². The number of tetrazole rings is 1. The minimum absolute atomic E-state index is 0.199. The van der Waals surface area contributed by atoms with E-state index < -0.39 is 0 Å². The molecule has 4 aromatic rings. The minimum Gasteiger partial charge on any atom is -0.508 e. The predicted molar refractivity (Wildman–Crippen MR) is 96.1 cm³/mol. The van der Waals surface area contributed by atoms with E-state index in [1.54, 1.807) is 28.9 Å². The number of hydrogen-bond donors (Lipinski definition) is 1. The highest BCUT2D eigenvalue weighted by molar-refractivity contribution is 7.98. The van der Waals surface area contributed by atoms with E-state index >= 15 is 0 Å². The third-order valence-corrected chi connectivity index (χ3v) is 4.95. The Balaban J connectivity index is 1.59. The SMILES string of the molecule is Cn1c(CSc2nnnn2-c2ccc(O)cc2)nc2cc(Cl)ccc21. The van der Waals surface area contributed by atoms with Crippen molar-refractivity contribution in [3.8, 4) is 11.4 Å². The van der Waals surface area contributed by atoms with E-state index in [4.69, 9.17) is 11.6 Å². The minimum atomic E-state index is 0.199. The van der Waals surface area contributed by atoms with Crippen LogP contribution in [0.5, 0.6) is 5.75 Å². The van der Waals surface area contributed by atoms with Crippen LogP contribution in [0.2, 0.25) is 5.02 Å².